The van der Waals surface area contributed by atoms with Gasteiger partial charge in [-0.15, -0.1) is 0 Å². The Morgan fingerprint density at radius 1 is 1.77 bits per heavy atom. The third-order valence-corrected chi connectivity index (χ3v) is 3.51. The van der Waals surface area contributed by atoms with Gasteiger partial charge in [-0.05, 0) is 29.4 Å². The monoisotopic (exact) mass is 262 g/mol. The van der Waals surface area contributed by atoms with Crippen molar-refractivity contribution < 1.29 is 4.74 Å². The van der Waals surface area contributed by atoms with Crippen molar-refractivity contribution in [1.29, 1.82) is 0 Å². The van der Waals surface area contributed by atoms with Crippen LogP contribution in [0.4, 0.5) is 0 Å². The minimum Gasteiger partial charge on any atom is -0.465 e. The van der Waals surface area contributed by atoms with Crippen LogP contribution < -0.4 is 4.74 Å². The van der Waals surface area contributed by atoms with Gasteiger partial charge in [-0.2, -0.15) is 4.98 Å². The van der Waals surface area contributed by atoms with Gasteiger partial charge < -0.3 is 9.64 Å². The molecule has 1 aromatic heterocycles. The van der Waals surface area contributed by atoms with Gasteiger partial charge in [0.15, 0.2) is 0 Å². The molecule has 0 bridgehead atoms. The smallest absolute Gasteiger partial charge is 0.274 e. The number of rotatable bonds is 2. The summed E-state index contributed by atoms with van der Waals surface area (Å²) in [6, 6.07) is 0. The highest BCUT2D eigenvalue weighted by atomic mass is 79.9. The van der Waals surface area contributed by atoms with Crippen molar-refractivity contribution in [2.45, 2.75) is 12.5 Å². The van der Waals surface area contributed by atoms with Crippen LogP contribution in [-0.4, -0.2) is 36.1 Å². The summed E-state index contributed by atoms with van der Waals surface area (Å²) in [5, 5.41) is 2.71. The third-order valence-electron chi connectivity index (χ3n) is 2.07. The quantitative estimate of drug-likeness (QED) is 0.816. The van der Waals surface area contributed by atoms with Crippen LogP contribution >= 0.6 is 27.3 Å². The van der Waals surface area contributed by atoms with Crippen LogP contribution in [0.3, 0.4) is 0 Å². The van der Waals surface area contributed by atoms with Gasteiger partial charge in [-0.1, -0.05) is 11.3 Å². The standard InChI is InChI=1S/C8H11BrN2OS/c1-11-3-2-6(4-11)12-8-10-7(9)5-13-8/h5-6H,2-4H2,1H3. The first-order valence-corrected chi connectivity index (χ1v) is 5.87. The van der Waals surface area contributed by atoms with E-state index in [9.17, 15) is 0 Å². The fraction of sp³-hybridized carbons (Fsp3) is 0.625. The van der Waals surface area contributed by atoms with E-state index in [2.05, 4.69) is 32.9 Å². The Hall–Kier alpha value is -0.130. The van der Waals surface area contributed by atoms with Gasteiger partial charge in [0.1, 0.15) is 10.7 Å². The van der Waals surface area contributed by atoms with Crippen LogP contribution in [0.1, 0.15) is 6.42 Å². The molecule has 72 valence electrons. The van der Waals surface area contributed by atoms with E-state index in [1.54, 1.807) is 0 Å². The molecule has 13 heavy (non-hydrogen) atoms. The van der Waals surface area contributed by atoms with E-state index in [-0.39, 0.29) is 0 Å². The second kappa shape index (κ2) is 3.94. The molecule has 0 aromatic carbocycles. The van der Waals surface area contributed by atoms with Crippen molar-refractivity contribution in [1.82, 2.24) is 9.88 Å². The van der Waals surface area contributed by atoms with Crippen molar-refractivity contribution in [2.24, 2.45) is 0 Å². The minimum atomic E-state index is 0.322. The van der Waals surface area contributed by atoms with Gasteiger partial charge in [-0.25, -0.2) is 0 Å². The molecule has 2 rings (SSSR count). The van der Waals surface area contributed by atoms with Gasteiger partial charge >= 0.3 is 0 Å². The molecule has 1 aromatic rings. The lowest BCUT2D eigenvalue weighted by molar-refractivity contribution is 0.207. The molecule has 1 aliphatic rings. The van der Waals surface area contributed by atoms with Crippen LogP contribution in [0.2, 0.25) is 0 Å². The van der Waals surface area contributed by atoms with Crippen LogP contribution in [0.25, 0.3) is 0 Å². The number of halogens is 1. The van der Waals surface area contributed by atoms with Gasteiger partial charge in [0.25, 0.3) is 5.19 Å². The van der Waals surface area contributed by atoms with Crippen LogP contribution in [0.15, 0.2) is 9.98 Å². The Labute approximate surface area is 89.9 Å². The Morgan fingerprint density at radius 2 is 2.62 bits per heavy atom. The van der Waals surface area contributed by atoms with E-state index < -0.39 is 0 Å². The van der Waals surface area contributed by atoms with Crippen molar-refractivity contribution in [3.63, 3.8) is 0 Å². The van der Waals surface area contributed by atoms with Gasteiger partial charge in [0, 0.05) is 18.5 Å². The van der Waals surface area contributed by atoms with E-state index in [1.165, 1.54) is 11.3 Å². The number of nitrogens with zero attached hydrogens (tertiary/aromatic N) is 2. The fourth-order valence-corrected chi connectivity index (χ4v) is 2.58. The molecule has 1 saturated heterocycles. The summed E-state index contributed by atoms with van der Waals surface area (Å²) in [5.74, 6) is 0. The largest absolute Gasteiger partial charge is 0.465 e. The first-order chi connectivity index (χ1) is 6.24. The molecule has 1 unspecified atom stereocenters. The molecule has 3 nitrogen and oxygen atoms in total. The molecule has 0 aliphatic carbocycles. The molecule has 0 amide bonds. The maximum atomic E-state index is 5.70. The molecule has 1 aliphatic heterocycles. The Bertz CT molecular complexity index is 291. The summed E-state index contributed by atoms with van der Waals surface area (Å²) < 4.78 is 6.56. The fourth-order valence-electron chi connectivity index (χ4n) is 1.43. The lowest BCUT2D eigenvalue weighted by atomic mass is 10.3. The first kappa shape index (κ1) is 9.43. The number of hydrogen-bond donors (Lipinski definition) is 0. The maximum Gasteiger partial charge on any atom is 0.274 e. The zero-order valence-electron chi connectivity index (χ0n) is 7.36. The second-order valence-electron chi connectivity index (χ2n) is 3.23. The Balaban J connectivity index is 1.91. The summed E-state index contributed by atoms with van der Waals surface area (Å²) in [6.07, 6.45) is 1.43. The predicted molar refractivity (Wildman–Crippen MR) is 56.3 cm³/mol. The van der Waals surface area contributed by atoms with Crippen molar-refractivity contribution in [3.05, 3.63) is 9.98 Å². The van der Waals surface area contributed by atoms with Crippen LogP contribution in [-0.2, 0) is 0 Å². The highest BCUT2D eigenvalue weighted by Gasteiger charge is 2.21. The van der Waals surface area contributed by atoms with Gasteiger partial charge in [0.2, 0.25) is 0 Å². The SMILES string of the molecule is CN1CCC(Oc2nc(Br)cs2)C1. The number of aromatic nitrogens is 1. The molecule has 1 fully saturated rings. The van der Waals surface area contributed by atoms with E-state index >= 15 is 0 Å². The number of ether oxygens (including phenoxy) is 1. The molecular formula is C8H11BrN2OS. The number of hydrogen-bond acceptors (Lipinski definition) is 4. The van der Waals surface area contributed by atoms with E-state index in [1.807, 2.05) is 5.38 Å². The third kappa shape index (κ3) is 2.42. The zero-order chi connectivity index (χ0) is 9.26. The lowest BCUT2D eigenvalue weighted by Gasteiger charge is -2.10. The van der Waals surface area contributed by atoms with E-state index in [0.29, 0.717) is 6.10 Å². The molecule has 2 heterocycles. The molecular weight excluding hydrogens is 252 g/mol. The number of likely N-dealkylation sites (tertiary alicyclic amines) is 1. The number of likely N-dealkylation sites (N-methyl/N-ethyl adjacent to an activating group) is 1. The minimum absolute atomic E-state index is 0.322. The normalized spacial score (nSPS) is 23.7. The topological polar surface area (TPSA) is 25.4 Å². The van der Waals surface area contributed by atoms with Crippen molar-refractivity contribution in [2.75, 3.05) is 20.1 Å². The summed E-state index contributed by atoms with van der Waals surface area (Å²) in [6.45, 7) is 2.13. The van der Waals surface area contributed by atoms with Crippen molar-refractivity contribution in [3.8, 4) is 5.19 Å². The second-order valence-corrected chi connectivity index (χ2v) is 4.86. The first-order valence-electron chi connectivity index (χ1n) is 4.20. The Morgan fingerprint density at radius 3 is 3.15 bits per heavy atom. The molecule has 0 spiro atoms. The van der Waals surface area contributed by atoms with Gasteiger partial charge in [-0.3, -0.25) is 0 Å². The Kier molecular flexibility index (Phi) is 2.86. The number of thiazole rings is 1. The molecule has 1 atom stereocenters. The average molecular weight is 263 g/mol. The summed E-state index contributed by atoms with van der Waals surface area (Å²) >= 11 is 4.84. The van der Waals surface area contributed by atoms with Gasteiger partial charge in [0.05, 0.1) is 0 Å². The maximum absolute atomic E-state index is 5.70. The highest BCUT2D eigenvalue weighted by Crippen LogP contribution is 2.24. The molecule has 5 heteroatoms. The highest BCUT2D eigenvalue weighted by molar-refractivity contribution is 9.10. The zero-order valence-corrected chi connectivity index (χ0v) is 9.77. The predicted octanol–water partition coefficient (Wildman–Crippen LogP) is 1.99. The van der Waals surface area contributed by atoms with Crippen molar-refractivity contribution >= 4 is 27.3 Å². The lowest BCUT2D eigenvalue weighted by Crippen LogP contribution is -2.21. The average Bonchev–Trinajstić information content (AvgIpc) is 2.62. The summed E-state index contributed by atoms with van der Waals surface area (Å²) in [5.41, 5.74) is 0. The molecule has 0 radical (unpaired) electrons. The van der Waals surface area contributed by atoms with E-state index in [4.69, 9.17) is 4.74 Å². The summed E-state index contributed by atoms with van der Waals surface area (Å²) in [7, 11) is 2.11. The van der Waals surface area contributed by atoms with Crippen LogP contribution in [0.5, 0.6) is 5.19 Å². The van der Waals surface area contributed by atoms with Crippen LogP contribution in [0, 0.1) is 0 Å². The summed E-state index contributed by atoms with van der Waals surface area (Å²) in [4.78, 5) is 6.46. The molecule has 0 saturated carbocycles. The molecule has 0 N–H and O–H groups in total. The van der Waals surface area contributed by atoms with E-state index in [0.717, 1.165) is 29.3 Å².